The second-order valence-corrected chi connectivity index (χ2v) is 3.11. The summed E-state index contributed by atoms with van der Waals surface area (Å²) in [7, 11) is 0. The van der Waals surface area contributed by atoms with E-state index < -0.39 is 5.97 Å². The van der Waals surface area contributed by atoms with Crippen molar-refractivity contribution in [2.24, 2.45) is 5.73 Å². The lowest BCUT2D eigenvalue weighted by atomic mass is 10.1. The van der Waals surface area contributed by atoms with Gasteiger partial charge in [-0.1, -0.05) is 23.8 Å². The number of carbonyl (C=O) groups is 1. The van der Waals surface area contributed by atoms with Gasteiger partial charge in [0.15, 0.2) is 0 Å². The van der Waals surface area contributed by atoms with E-state index in [0.717, 1.165) is 0 Å². The van der Waals surface area contributed by atoms with Crippen LogP contribution in [-0.4, -0.2) is 17.6 Å². The summed E-state index contributed by atoms with van der Waals surface area (Å²) in [5.41, 5.74) is 6.06. The topological polar surface area (TPSA) is 63.3 Å². The standard InChI is InChI=1S/C10H10ClNO2/c11-8-3-4-9(10(13)14)7(6-8)2-1-5-12/h1-4,6H,5,12H2,(H,13,14). The van der Waals surface area contributed by atoms with Crippen molar-refractivity contribution in [3.05, 3.63) is 40.4 Å². The van der Waals surface area contributed by atoms with Gasteiger partial charge in [0.1, 0.15) is 0 Å². The van der Waals surface area contributed by atoms with Crippen LogP contribution in [0.5, 0.6) is 0 Å². The number of nitrogens with two attached hydrogens (primary N) is 1. The fourth-order valence-corrected chi connectivity index (χ4v) is 1.24. The molecule has 0 aliphatic rings. The van der Waals surface area contributed by atoms with Crippen molar-refractivity contribution in [1.82, 2.24) is 0 Å². The van der Waals surface area contributed by atoms with Crippen LogP contribution in [0.4, 0.5) is 0 Å². The van der Waals surface area contributed by atoms with Gasteiger partial charge in [-0.2, -0.15) is 0 Å². The molecule has 3 N–H and O–H groups in total. The normalized spacial score (nSPS) is 10.7. The van der Waals surface area contributed by atoms with Gasteiger partial charge in [-0.05, 0) is 23.8 Å². The molecule has 74 valence electrons. The lowest BCUT2D eigenvalue weighted by molar-refractivity contribution is 0.0696. The molecule has 0 saturated carbocycles. The second-order valence-electron chi connectivity index (χ2n) is 2.67. The minimum atomic E-state index is -0.974. The largest absolute Gasteiger partial charge is 0.478 e. The Morgan fingerprint density at radius 3 is 2.86 bits per heavy atom. The van der Waals surface area contributed by atoms with Gasteiger partial charge in [-0.3, -0.25) is 0 Å². The van der Waals surface area contributed by atoms with E-state index in [9.17, 15) is 4.79 Å². The molecule has 0 heterocycles. The van der Waals surface area contributed by atoms with Crippen molar-refractivity contribution in [2.75, 3.05) is 6.54 Å². The third kappa shape index (κ3) is 2.58. The molecule has 1 aromatic carbocycles. The van der Waals surface area contributed by atoms with E-state index >= 15 is 0 Å². The highest BCUT2D eigenvalue weighted by Crippen LogP contribution is 2.17. The van der Waals surface area contributed by atoms with Gasteiger partial charge in [0, 0.05) is 11.6 Å². The van der Waals surface area contributed by atoms with Crippen LogP contribution in [0.25, 0.3) is 6.08 Å². The van der Waals surface area contributed by atoms with Crippen LogP contribution >= 0.6 is 11.6 Å². The molecule has 0 aliphatic carbocycles. The molecule has 0 radical (unpaired) electrons. The maximum atomic E-state index is 10.8. The molecule has 0 spiro atoms. The Kier molecular flexibility index (Phi) is 3.68. The van der Waals surface area contributed by atoms with E-state index in [2.05, 4.69) is 0 Å². The first-order valence-electron chi connectivity index (χ1n) is 4.04. The van der Waals surface area contributed by atoms with Crippen LogP contribution in [0, 0.1) is 0 Å². The number of rotatable bonds is 3. The molecule has 0 aromatic heterocycles. The average molecular weight is 212 g/mol. The summed E-state index contributed by atoms with van der Waals surface area (Å²) in [4.78, 5) is 10.8. The molecule has 0 unspecified atom stereocenters. The van der Waals surface area contributed by atoms with Gasteiger partial charge in [0.25, 0.3) is 0 Å². The average Bonchev–Trinajstić information content (AvgIpc) is 2.14. The van der Waals surface area contributed by atoms with Crippen molar-refractivity contribution in [2.45, 2.75) is 0 Å². The minimum Gasteiger partial charge on any atom is -0.478 e. The van der Waals surface area contributed by atoms with Crippen molar-refractivity contribution in [1.29, 1.82) is 0 Å². The number of halogens is 1. The van der Waals surface area contributed by atoms with E-state index in [1.165, 1.54) is 6.07 Å². The Hall–Kier alpha value is -1.32. The van der Waals surface area contributed by atoms with Gasteiger partial charge in [0.05, 0.1) is 5.56 Å². The van der Waals surface area contributed by atoms with Crippen LogP contribution in [-0.2, 0) is 0 Å². The SMILES string of the molecule is NCC=Cc1cc(Cl)ccc1C(=O)O. The summed E-state index contributed by atoms with van der Waals surface area (Å²) < 4.78 is 0. The van der Waals surface area contributed by atoms with E-state index in [1.54, 1.807) is 24.3 Å². The molecule has 0 bridgehead atoms. The highest BCUT2D eigenvalue weighted by molar-refractivity contribution is 6.30. The first-order valence-corrected chi connectivity index (χ1v) is 4.42. The third-order valence-electron chi connectivity index (χ3n) is 1.68. The Bertz CT molecular complexity index is 374. The zero-order valence-electron chi connectivity index (χ0n) is 7.40. The molecule has 0 saturated heterocycles. The Labute approximate surface area is 86.8 Å². The van der Waals surface area contributed by atoms with Crippen molar-refractivity contribution < 1.29 is 9.90 Å². The summed E-state index contributed by atoms with van der Waals surface area (Å²) in [6, 6.07) is 4.61. The predicted octanol–water partition coefficient (Wildman–Crippen LogP) is 2.01. The fraction of sp³-hybridized carbons (Fsp3) is 0.100. The molecule has 3 nitrogen and oxygen atoms in total. The van der Waals surface area contributed by atoms with E-state index in [1.807, 2.05) is 0 Å². The van der Waals surface area contributed by atoms with Gasteiger partial charge >= 0.3 is 5.97 Å². The smallest absolute Gasteiger partial charge is 0.336 e. The summed E-state index contributed by atoms with van der Waals surface area (Å²) in [5, 5.41) is 9.35. The van der Waals surface area contributed by atoms with Crippen LogP contribution < -0.4 is 5.73 Å². The van der Waals surface area contributed by atoms with Crippen molar-refractivity contribution in [3.8, 4) is 0 Å². The molecule has 4 heteroatoms. The highest BCUT2D eigenvalue weighted by Gasteiger charge is 2.07. The van der Waals surface area contributed by atoms with Gasteiger partial charge in [-0.15, -0.1) is 0 Å². The van der Waals surface area contributed by atoms with E-state index in [-0.39, 0.29) is 5.56 Å². The Morgan fingerprint density at radius 1 is 1.57 bits per heavy atom. The molecule has 1 rings (SSSR count). The molecule has 0 aliphatic heterocycles. The zero-order valence-corrected chi connectivity index (χ0v) is 8.16. The molecular formula is C10H10ClNO2. The zero-order chi connectivity index (χ0) is 10.6. The minimum absolute atomic E-state index is 0.221. The number of hydrogen-bond donors (Lipinski definition) is 2. The highest BCUT2D eigenvalue weighted by atomic mass is 35.5. The first kappa shape index (κ1) is 10.8. The van der Waals surface area contributed by atoms with Crippen LogP contribution in [0.1, 0.15) is 15.9 Å². The summed E-state index contributed by atoms with van der Waals surface area (Å²) in [6.07, 6.45) is 3.33. The summed E-state index contributed by atoms with van der Waals surface area (Å²) in [5.74, 6) is -0.974. The van der Waals surface area contributed by atoms with Crippen LogP contribution in [0.15, 0.2) is 24.3 Å². The maximum Gasteiger partial charge on any atom is 0.336 e. The van der Waals surface area contributed by atoms with Gasteiger partial charge < -0.3 is 10.8 Å². The monoisotopic (exact) mass is 211 g/mol. The number of benzene rings is 1. The van der Waals surface area contributed by atoms with Crippen molar-refractivity contribution >= 4 is 23.6 Å². The predicted molar refractivity (Wildman–Crippen MR) is 56.5 cm³/mol. The Balaban J connectivity index is 3.15. The molecule has 14 heavy (non-hydrogen) atoms. The van der Waals surface area contributed by atoms with Crippen molar-refractivity contribution in [3.63, 3.8) is 0 Å². The quantitative estimate of drug-likeness (QED) is 0.804. The molecule has 0 atom stereocenters. The number of carboxylic acid groups (broad SMARTS) is 1. The first-order chi connectivity index (χ1) is 6.65. The van der Waals surface area contributed by atoms with Crippen LogP contribution in [0.2, 0.25) is 5.02 Å². The molecule has 1 aromatic rings. The number of carboxylic acids is 1. The lowest BCUT2D eigenvalue weighted by Gasteiger charge is -2.01. The number of aromatic carboxylic acids is 1. The maximum absolute atomic E-state index is 10.8. The lowest BCUT2D eigenvalue weighted by Crippen LogP contribution is -1.99. The van der Waals surface area contributed by atoms with Gasteiger partial charge in [-0.25, -0.2) is 4.79 Å². The van der Waals surface area contributed by atoms with Crippen LogP contribution in [0.3, 0.4) is 0 Å². The van der Waals surface area contributed by atoms with E-state index in [4.69, 9.17) is 22.4 Å². The molecule has 0 fully saturated rings. The third-order valence-corrected chi connectivity index (χ3v) is 1.91. The fourth-order valence-electron chi connectivity index (χ4n) is 1.06. The van der Waals surface area contributed by atoms with E-state index in [0.29, 0.717) is 17.1 Å². The summed E-state index contributed by atoms with van der Waals surface area (Å²) in [6.45, 7) is 0.367. The number of hydrogen-bond acceptors (Lipinski definition) is 2. The Morgan fingerprint density at radius 2 is 2.29 bits per heavy atom. The summed E-state index contributed by atoms with van der Waals surface area (Å²) >= 11 is 5.74. The molecule has 0 amide bonds. The second kappa shape index (κ2) is 4.79. The molecular weight excluding hydrogens is 202 g/mol. The van der Waals surface area contributed by atoms with Gasteiger partial charge in [0.2, 0.25) is 0 Å².